The number of furan rings is 2. The van der Waals surface area contributed by atoms with Crippen LogP contribution in [-0.2, 0) is 4.79 Å². The van der Waals surface area contributed by atoms with Crippen LogP contribution in [0.15, 0.2) is 87.9 Å². The molecule has 2 amide bonds. The van der Waals surface area contributed by atoms with Gasteiger partial charge in [-0.15, -0.1) is 0 Å². The van der Waals surface area contributed by atoms with E-state index in [2.05, 4.69) is 10.6 Å². The van der Waals surface area contributed by atoms with Gasteiger partial charge in [-0.25, -0.2) is 0 Å². The smallest absolute Gasteiger partial charge is 0.291 e. The molecule has 0 aliphatic rings. The SMILES string of the molecule is COc1ccc(NC(=O)c2ccco2)cc1NC(=O)C=Cc1ccc(-c2ccc(Cl)cc2)o1. The first-order valence-corrected chi connectivity index (χ1v) is 10.3. The lowest BCUT2D eigenvalue weighted by Crippen LogP contribution is -2.12. The molecule has 0 fully saturated rings. The quantitative estimate of drug-likeness (QED) is 0.323. The number of hydrogen-bond donors (Lipinski definition) is 2. The molecule has 0 aliphatic heterocycles. The molecule has 166 valence electrons. The number of anilines is 2. The van der Waals surface area contributed by atoms with Crippen LogP contribution in [0.4, 0.5) is 11.4 Å². The summed E-state index contributed by atoms with van der Waals surface area (Å²) in [6, 6.07) is 18.9. The normalized spacial score (nSPS) is 10.8. The first-order chi connectivity index (χ1) is 16.0. The molecule has 0 radical (unpaired) electrons. The van der Waals surface area contributed by atoms with E-state index in [1.165, 1.54) is 19.4 Å². The topological polar surface area (TPSA) is 93.7 Å². The Morgan fingerprint density at radius 1 is 1.00 bits per heavy atom. The summed E-state index contributed by atoms with van der Waals surface area (Å²) >= 11 is 5.91. The zero-order valence-electron chi connectivity index (χ0n) is 17.5. The van der Waals surface area contributed by atoms with Gasteiger partial charge in [-0.3, -0.25) is 9.59 Å². The van der Waals surface area contributed by atoms with E-state index in [1.54, 1.807) is 54.6 Å². The Balaban J connectivity index is 1.43. The highest BCUT2D eigenvalue weighted by Gasteiger charge is 2.12. The van der Waals surface area contributed by atoms with Crippen molar-refractivity contribution in [2.75, 3.05) is 17.7 Å². The maximum Gasteiger partial charge on any atom is 0.291 e. The second kappa shape index (κ2) is 9.93. The minimum atomic E-state index is -0.406. The van der Waals surface area contributed by atoms with Crippen LogP contribution in [0.3, 0.4) is 0 Å². The zero-order chi connectivity index (χ0) is 23.2. The first-order valence-electron chi connectivity index (χ1n) is 9.89. The van der Waals surface area contributed by atoms with Gasteiger partial charge in [0.1, 0.15) is 17.3 Å². The maximum absolute atomic E-state index is 12.5. The molecule has 0 atom stereocenters. The number of benzene rings is 2. The molecule has 2 aromatic heterocycles. The summed E-state index contributed by atoms with van der Waals surface area (Å²) < 4.78 is 16.2. The number of nitrogens with one attached hydrogen (secondary N) is 2. The van der Waals surface area contributed by atoms with E-state index in [4.69, 9.17) is 25.2 Å². The fourth-order valence-electron chi connectivity index (χ4n) is 3.03. The van der Waals surface area contributed by atoms with Crippen LogP contribution in [-0.4, -0.2) is 18.9 Å². The molecule has 0 spiro atoms. The van der Waals surface area contributed by atoms with Crippen molar-refractivity contribution in [2.24, 2.45) is 0 Å². The van der Waals surface area contributed by atoms with E-state index in [9.17, 15) is 9.59 Å². The van der Waals surface area contributed by atoms with Gasteiger partial charge in [-0.2, -0.15) is 0 Å². The number of methoxy groups -OCH3 is 1. The molecule has 8 heteroatoms. The van der Waals surface area contributed by atoms with E-state index in [0.29, 0.717) is 33.7 Å². The number of ether oxygens (including phenoxy) is 1. The Labute approximate surface area is 194 Å². The number of carbonyl (C=O) groups is 2. The lowest BCUT2D eigenvalue weighted by Gasteiger charge is -2.11. The number of halogens is 1. The van der Waals surface area contributed by atoms with Crippen molar-refractivity contribution in [3.05, 3.63) is 95.6 Å². The number of hydrogen-bond acceptors (Lipinski definition) is 5. The molecule has 0 unspecified atom stereocenters. The van der Waals surface area contributed by atoms with Crippen molar-refractivity contribution < 1.29 is 23.2 Å². The molecule has 0 saturated carbocycles. The summed E-state index contributed by atoms with van der Waals surface area (Å²) in [5.74, 6) is 0.991. The minimum Gasteiger partial charge on any atom is -0.495 e. The van der Waals surface area contributed by atoms with Crippen LogP contribution >= 0.6 is 11.6 Å². The van der Waals surface area contributed by atoms with Crippen LogP contribution in [0.5, 0.6) is 5.75 Å². The van der Waals surface area contributed by atoms with Crippen molar-refractivity contribution in [1.29, 1.82) is 0 Å². The van der Waals surface area contributed by atoms with Gasteiger partial charge in [0, 0.05) is 22.3 Å². The van der Waals surface area contributed by atoms with Gasteiger partial charge in [-0.1, -0.05) is 11.6 Å². The fourth-order valence-corrected chi connectivity index (χ4v) is 3.15. The Morgan fingerprint density at radius 2 is 1.82 bits per heavy atom. The van der Waals surface area contributed by atoms with Crippen molar-refractivity contribution in [1.82, 2.24) is 0 Å². The Hall–Kier alpha value is -4.23. The standard InChI is InChI=1S/C25H19ClN2O5/c1-31-22-11-8-18(27-25(30)23-3-2-14-32-23)15-20(22)28-24(29)13-10-19-9-12-21(33-19)16-4-6-17(26)7-5-16/h2-15H,1H3,(H,27,30)(H,28,29). The van der Waals surface area contributed by atoms with Crippen LogP contribution in [0.1, 0.15) is 16.3 Å². The van der Waals surface area contributed by atoms with Gasteiger partial charge in [-0.05, 0) is 72.8 Å². The second-order valence-corrected chi connectivity index (χ2v) is 7.31. The molecule has 2 heterocycles. The fraction of sp³-hybridized carbons (Fsp3) is 0.0400. The first kappa shape index (κ1) is 22.0. The van der Waals surface area contributed by atoms with E-state index in [1.807, 2.05) is 18.2 Å². The number of rotatable bonds is 7. The van der Waals surface area contributed by atoms with Crippen molar-refractivity contribution >= 4 is 40.9 Å². The Kier molecular flexibility index (Phi) is 6.61. The molecule has 0 saturated heterocycles. The molecule has 4 rings (SSSR count). The number of carbonyl (C=O) groups excluding carboxylic acids is 2. The molecule has 7 nitrogen and oxygen atoms in total. The van der Waals surface area contributed by atoms with Gasteiger partial charge in [0.2, 0.25) is 5.91 Å². The summed E-state index contributed by atoms with van der Waals surface area (Å²) in [6.45, 7) is 0. The third-order valence-corrected chi connectivity index (χ3v) is 4.87. The van der Waals surface area contributed by atoms with Crippen molar-refractivity contribution in [3.63, 3.8) is 0 Å². The maximum atomic E-state index is 12.5. The molecule has 0 bridgehead atoms. The average Bonchev–Trinajstić information content (AvgIpc) is 3.51. The van der Waals surface area contributed by atoms with E-state index in [-0.39, 0.29) is 5.76 Å². The zero-order valence-corrected chi connectivity index (χ0v) is 18.3. The van der Waals surface area contributed by atoms with Crippen LogP contribution < -0.4 is 15.4 Å². The summed E-state index contributed by atoms with van der Waals surface area (Å²) in [4.78, 5) is 24.7. The van der Waals surface area contributed by atoms with E-state index >= 15 is 0 Å². The molecule has 33 heavy (non-hydrogen) atoms. The third kappa shape index (κ3) is 5.53. The lowest BCUT2D eigenvalue weighted by molar-refractivity contribution is -0.111. The van der Waals surface area contributed by atoms with Gasteiger partial charge in [0.15, 0.2) is 5.76 Å². The third-order valence-electron chi connectivity index (χ3n) is 4.61. The Bertz CT molecular complexity index is 1290. The highest BCUT2D eigenvalue weighted by molar-refractivity contribution is 6.30. The summed E-state index contributed by atoms with van der Waals surface area (Å²) in [5.41, 5.74) is 1.74. The predicted molar refractivity (Wildman–Crippen MR) is 126 cm³/mol. The molecule has 2 aromatic carbocycles. The minimum absolute atomic E-state index is 0.177. The van der Waals surface area contributed by atoms with Crippen LogP contribution in [0, 0.1) is 0 Å². The summed E-state index contributed by atoms with van der Waals surface area (Å²) in [7, 11) is 1.49. The van der Waals surface area contributed by atoms with E-state index < -0.39 is 11.8 Å². The van der Waals surface area contributed by atoms with Crippen molar-refractivity contribution in [2.45, 2.75) is 0 Å². The molecular weight excluding hydrogens is 444 g/mol. The summed E-state index contributed by atoms with van der Waals surface area (Å²) in [6.07, 6.45) is 4.32. The second-order valence-electron chi connectivity index (χ2n) is 6.88. The highest BCUT2D eigenvalue weighted by Crippen LogP contribution is 2.28. The number of amides is 2. The molecule has 0 aliphatic carbocycles. The largest absolute Gasteiger partial charge is 0.495 e. The van der Waals surface area contributed by atoms with E-state index in [0.717, 1.165) is 5.56 Å². The van der Waals surface area contributed by atoms with Gasteiger partial charge < -0.3 is 24.2 Å². The van der Waals surface area contributed by atoms with Gasteiger partial charge in [0.05, 0.1) is 19.1 Å². The highest BCUT2D eigenvalue weighted by atomic mass is 35.5. The monoisotopic (exact) mass is 462 g/mol. The van der Waals surface area contributed by atoms with Gasteiger partial charge in [0.25, 0.3) is 5.91 Å². The lowest BCUT2D eigenvalue weighted by atomic mass is 10.2. The van der Waals surface area contributed by atoms with Crippen LogP contribution in [0.25, 0.3) is 17.4 Å². The van der Waals surface area contributed by atoms with Gasteiger partial charge >= 0.3 is 0 Å². The summed E-state index contributed by atoms with van der Waals surface area (Å²) in [5, 5.41) is 6.09. The molecule has 2 N–H and O–H groups in total. The molecule has 4 aromatic rings. The van der Waals surface area contributed by atoms with Crippen molar-refractivity contribution in [3.8, 4) is 17.1 Å². The van der Waals surface area contributed by atoms with Crippen LogP contribution in [0.2, 0.25) is 5.02 Å². The average molecular weight is 463 g/mol. The molecular formula is C25H19ClN2O5. The Morgan fingerprint density at radius 3 is 2.55 bits per heavy atom. The predicted octanol–water partition coefficient (Wildman–Crippen LogP) is 6.11.